The third kappa shape index (κ3) is 1.90. The summed E-state index contributed by atoms with van der Waals surface area (Å²) < 4.78 is 10.2. The Labute approximate surface area is 66.3 Å². The smallest absolute Gasteiger partial charge is 0.159 e. The predicted molar refractivity (Wildman–Crippen MR) is 39.9 cm³/mol. The standard InChI is InChI=1S/C7H15NO3/c1-4(9)7-5(8)3-6(10-2)11-7/h4-7,9H,3,8H2,1-2H3/t4-,5-,6?,7-/m0/s1. The van der Waals surface area contributed by atoms with Gasteiger partial charge >= 0.3 is 0 Å². The van der Waals surface area contributed by atoms with Gasteiger partial charge in [-0.15, -0.1) is 0 Å². The Bertz CT molecular complexity index is 129. The second-order valence-corrected chi connectivity index (χ2v) is 2.91. The van der Waals surface area contributed by atoms with Crippen LogP contribution in [0.25, 0.3) is 0 Å². The number of rotatable bonds is 2. The molecule has 1 rings (SSSR count). The van der Waals surface area contributed by atoms with Gasteiger partial charge in [0.15, 0.2) is 6.29 Å². The van der Waals surface area contributed by atoms with Gasteiger partial charge in [0.1, 0.15) is 6.10 Å². The molecule has 0 amide bonds. The van der Waals surface area contributed by atoms with E-state index in [2.05, 4.69) is 0 Å². The Morgan fingerprint density at radius 1 is 1.73 bits per heavy atom. The van der Waals surface area contributed by atoms with E-state index in [9.17, 15) is 5.11 Å². The van der Waals surface area contributed by atoms with E-state index in [1.165, 1.54) is 0 Å². The van der Waals surface area contributed by atoms with Crippen LogP contribution in [0.15, 0.2) is 0 Å². The van der Waals surface area contributed by atoms with Crippen molar-refractivity contribution in [2.45, 2.75) is 37.9 Å². The molecule has 0 aromatic heterocycles. The molecule has 4 atom stereocenters. The van der Waals surface area contributed by atoms with Crippen molar-refractivity contribution in [1.29, 1.82) is 0 Å². The van der Waals surface area contributed by atoms with Crippen molar-refractivity contribution >= 4 is 0 Å². The van der Waals surface area contributed by atoms with Gasteiger partial charge in [-0.1, -0.05) is 0 Å². The van der Waals surface area contributed by atoms with E-state index in [1.807, 2.05) is 0 Å². The number of aliphatic hydroxyl groups is 1. The van der Waals surface area contributed by atoms with Gasteiger partial charge in [0, 0.05) is 19.6 Å². The van der Waals surface area contributed by atoms with Crippen LogP contribution in [-0.4, -0.2) is 36.8 Å². The van der Waals surface area contributed by atoms with E-state index in [0.717, 1.165) is 0 Å². The summed E-state index contributed by atoms with van der Waals surface area (Å²) in [7, 11) is 1.57. The van der Waals surface area contributed by atoms with Crippen LogP contribution in [0.4, 0.5) is 0 Å². The molecule has 0 saturated carbocycles. The Balaban J connectivity index is 2.45. The molecule has 0 aromatic carbocycles. The zero-order valence-corrected chi connectivity index (χ0v) is 6.86. The van der Waals surface area contributed by atoms with Crippen LogP contribution < -0.4 is 5.73 Å². The Morgan fingerprint density at radius 3 is 2.64 bits per heavy atom. The van der Waals surface area contributed by atoms with Gasteiger partial charge in [-0.3, -0.25) is 0 Å². The number of aliphatic hydroxyl groups excluding tert-OH is 1. The highest BCUT2D eigenvalue weighted by Crippen LogP contribution is 2.21. The molecule has 66 valence electrons. The molecule has 0 aromatic rings. The highest BCUT2D eigenvalue weighted by molar-refractivity contribution is 4.84. The van der Waals surface area contributed by atoms with Crippen LogP contribution in [0.3, 0.4) is 0 Å². The maximum Gasteiger partial charge on any atom is 0.159 e. The SMILES string of the molecule is COC1C[C@H](N)[C@H]([C@H](C)O)O1. The van der Waals surface area contributed by atoms with Gasteiger partial charge in [0.05, 0.1) is 6.10 Å². The summed E-state index contributed by atoms with van der Waals surface area (Å²) in [5.74, 6) is 0. The van der Waals surface area contributed by atoms with E-state index in [-0.39, 0.29) is 18.4 Å². The van der Waals surface area contributed by atoms with Crippen LogP contribution >= 0.6 is 0 Å². The summed E-state index contributed by atoms with van der Waals surface area (Å²) >= 11 is 0. The Hall–Kier alpha value is -0.160. The lowest BCUT2D eigenvalue weighted by atomic mass is 10.1. The van der Waals surface area contributed by atoms with Crippen LogP contribution in [0.5, 0.6) is 0 Å². The zero-order valence-electron chi connectivity index (χ0n) is 6.86. The molecule has 1 unspecified atom stereocenters. The Morgan fingerprint density at radius 2 is 2.36 bits per heavy atom. The lowest BCUT2D eigenvalue weighted by Crippen LogP contribution is -2.38. The number of ether oxygens (including phenoxy) is 2. The van der Waals surface area contributed by atoms with E-state index in [0.29, 0.717) is 6.42 Å². The molecule has 11 heavy (non-hydrogen) atoms. The minimum Gasteiger partial charge on any atom is -0.391 e. The van der Waals surface area contributed by atoms with Crippen molar-refractivity contribution < 1.29 is 14.6 Å². The van der Waals surface area contributed by atoms with E-state index < -0.39 is 6.10 Å². The first-order valence-corrected chi connectivity index (χ1v) is 3.77. The van der Waals surface area contributed by atoms with E-state index in [1.54, 1.807) is 14.0 Å². The largest absolute Gasteiger partial charge is 0.391 e. The molecule has 1 aliphatic rings. The third-order valence-corrected chi connectivity index (χ3v) is 1.93. The van der Waals surface area contributed by atoms with Gasteiger partial charge in [0.25, 0.3) is 0 Å². The van der Waals surface area contributed by atoms with Crippen molar-refractivity contribution in [3.63, 3.8) is 0 Å². The maximum atomic E-state index is 9.18. The first kappa shape index (κ1) is 8.93. The number of methoxy groups -OCH3 is 1. The van der Waals surface area contributed by atoms with Gasteiger partial charge in [-0.05, 0) is 6.92 Å². The summed E-state index contributed by atoms with van der Waals surface area (Å²) in [5.41, 5.74) is 5.68. The van der Waals surface area contributed by atoms with E-state index >= 15 is 0 Å². The van der Waals surface area contributed by atoms with Crippen molar-refractivity contribution in [2.24, 2.45) is 5.73 Å². The quantitative estimate of drug-likeness (QED) is 0.570. The summed E-state index contributed by atoms with van der Waals surface area (Å²) in [6.45, 7) is 1.67. The third-order valence-electron chi connectivity index (χ3n) is 1.93. The molecule has 1 aliphatic heterocycles. The molecule has 4 nitrogen and oxygen atoms in total. The molecule has 0 radical (unpaired) electrons. The minimum atomic E-state index is -0.523. The van der Waals surface area contributed by atoms with Crippen molar-refractivity contribution in [3.8, 4) is 0 Å². The lowest BCUT2D eigenvalue weighted by molar-refractivity contribution is -0.136. The number of nitrogens with two attached hydrogens (primary N) is 1. The second kappa shape index (κ2) is 3.49. The first-order chi connectivity index (χ1) is 5.15. The minimum absolute atomic E-state index is 0.111. The van der Waals surface area contributed by atoms with E-state index in [4.69, 9.17) is 15.2 Å². The fourth-order valence-electron chi connectivity index (χ4n) is 1.31. The topological polar surface area (TPSA) is 64.7 Å². The summed E-state index contributed by atoms with van der Waals surface area (Å²) in [6.07, 6.45) is -0.388. The molecular formula is C7H15NO3. The molecule has 4 heteroatoms. The average molecular weight is 161 g/mol. The van der Waals surface area contributed by atoms with Crippen LogP contribution in [0.2, 0.25) is 0 Å². The second-order valence-electron chi connectivity index (χ2n) is 2.91. The molecule has 0 bridgehead atoms. The maximum absolute atomic E-state index is 9.18. The average Bonchev–Trinajstić information content (AvgIpc) is 2.30. The summed E-state index contributed by atoms with van der Waals surface area (Å²) in [6, 6.07) is -0.111. The fraction of sp³-hybridized carbons (Fsp3) is 1.00. The monoisotopic (exact) mass is 161 g/mol. The highest BCUT2D eigenvalue weighted by atomic mass is 16.7. The fourth-order valence-corrected chi connectivity index (χ4v) is 1.31. The molecular weight excluding hydrogens is 146 g/mol. The van der Waals surface area contributed by atoms with Crippen molar-refractivity contribution in [1.82, 2.24) is 0 Å². The lowest BCUT2D eigenvalue weighted by Gasteiger charge is -2.17. The number of hydrogen-bond acceptors (Lipinski definition) is 4. The van der Waals surface area contributed by atoms with Gasteiger partial charge in [0.2, 0.25) is 0 Å². The van der Waals surface area contributed by atoms with Crippen LogP contribution in [-0.2, 0) is 9.47 Å². The summed E-state index contributed by atoms with van der Waals surface area (Å²) in [5, 5.41) is 9.18. The van der Waals surface area contributed by atoms with Gasteiger partial charge in [-0.2, -0.15) is 0 Å². The van der Waals surface area contributed by atoms with Crippen LogP contribution in [0, 0.1) is 0 Å². The molecule has 0 aliphatic carbocycles. The Kier molecular flexibility index (Phi) is 2.84. The van der Waals surface area contributed by atoms with Crippen LogP contribution in [0.1, 0.15) is 13.3 Å². The normalized spacial score (nSPS) is 40.9. The van der Waals surface area contributed by atoms with Gasteiger partial charge in [-0.25, -0.2) is 0 Å². The van der Waals surface area contributed by atoms with Gasteiger partial charge < -0.3 is 20.3 Å². The molecule has 0 spiro atoms. The molecule has 1 fully saturated rings. The van der Waals surface area contributed by atoms with Crippen molar-refractivity contribution in [2.75, 3.05) is 7.11 Å². The molecule has 1 heterocycles. The first-order valence-electron chi connectivity index (χ1n) is 3.77. The molecule has 1 saturated heterocycles. The zero-order chi connectivity index (χ0) is 8.43. The predicted octanol–water partition coefficient (Wildman–Crippen LogP) is -0.544. The number of hydrogen-bond donors (Lipinski definition) is 2. The van der Waals surface area contributed by atoms with Crippen molar-refractivity contribution in [3.05, 3.63) is 0 Å². The molecule has 3 N–H and O–H groups in total. The highest BCUT2D eigenvalue weighted by Gasteiger charge is 2.35. The summed E-state index contributed by atoms with van der Waals surface area (Å²) in [4.78, 5) is 0.